The molecule has 8 nitrogen and oxygen atoms in total. The molecule has 0 saturated carbocycles. The molecule has 36 heavy (non-hydrogen) atoms. The molecule has 0 aromatic heterocycles. The van der Waals surface area contributed by atoms with E-state index in [0.717, 1.165) is 0 Å². The molecule has 0 unspecified atom stereocenters. The summed E-state index contributed by atoms with van der Waals surface area (Å²) < 4.78 is 42.1. The Morgan fingerprint density at radius 2 is 1.61 bits per heavy atom. The zero-order chi connectivity index (χ0) is 27.2. The standard InChI is InChI=1S/C27H42O8Si/c1-24(2,3)36(10,11)31-17-21-19(33-26(6,29-8)27(7,30-9)34-21)16-15-18-13-12-14-20-22(18)23(28)35-25(4,5)32-20/h12-16,19,21H,17H2,1-11H3/b16-15+/t19-,21-,26+,27+/m0/s1. The zero-order valence-electron chi connectivity index (χ0n) is 23.5. The summed E-state index contributed by atoms with van der Waals surface area (Å²) in [6.07, 6.45) is 2.65. The van der Waals surface area contributed by atoms with Crippen molar-refractivity contribution < 1.29 is 37.6 Å². The Kier molecular flexibility index (Phi) is 7.88. The van der Waals surface area contributed by atoms with E-state index in [1.807, 2.05) is 24.3 Å². The van der Waals surface area contributed by atoms with E-state index in [0.29, 0.717) is 23.5 Å². The summed E-state index contributed by atoms with van der Waals surface area (Å²) in [5.74, 6) is -3.33. The van der Waals surface area contributed by atoms with Gasteiger partial charge in [0.2, 0.25) is 17.4 Å². The monoisotopic (exact) mass is 522 g/mol. The average molecular weight is 523 g/mol. The van der Waals surface area contributed by atoms with Crippen LogP contribution in [-0.2, 0) is 28.1 Å². The number of rotatable bonds is 7. The van der Waals surface area contributed by atoms with Gasteiger partial charge in [-0.05, 0) is 43.6 Å². The summed E-state index contributed by atoms with van der Waals surface area (Å²) in [7, 11) is 1.06. The van der Waals surface area contributed by atoms with Crippen LogP contribution in [0.15, 0.2) is 24.3 Å². The second-order valence-electron chi connectivity index (χ2n) is 11.6. The fourth-order valence-electron chi connectivity index (χ4n) is 3.92. The summed E-state index contributed by atoms with van der Waals surface area (Å²) in [6, 6.07) is 5.43. The largest absolute Gasteiger partial charge is 0.452 e. The average Bonchev–Trinajstić information content (AvgIpc) is 2.76. The molecule has 1 saturated heterocycles. The number of carbonyl (C=O) groups is 1. The lowest BCUT2D eigenvalue weighted by Gasteiger charge is -2.52. The van der Waals surface area contributed by atoms with Gasteiger partial charge in [0.25, 0.3) is 0 Å². The van der Waals surface area contributed by atoms with Gasteiger partial charge in [-0.15, -0.1) is 0 Å². The fraction of sp³-hybridized carbons (Fsp3) is 0.667. The van der Waals surface area contributed by atoms with Crippen LogP contribution >= 0.6 is 0 Å². The third kappa shape index (κ3) is 5.56. The zero-order valence-corrected chi connectivity index (χ0v) is 24.5. The smallest absolute Gasteiger partial charge is 0.345 e. The molecule has 2 aliphatic rings. The van der Waals surface area contributed by atoms with Gasteiger partial charge in [-0.3, -0.25) is 0 Å². The Labute approximate surface area is 216 Å². The van der Waals surface area contributed by atoms with E-state index >= 15 is 0 Å². The topological polar surface area (TPSA) is 81.7 Å². The molecule has 9 heteroatoms. The van der Waals surface area contributed by atoms with Gasteiger partial charge in [0.05, 0.1) is 6.61 Å². The minimum atomic E-state index is -2.06. The Hall–Kier alpha value is -1.75. The van der Waals surface area contributed by atoms with Crippen molar-refractivity contribution in [2.75, 3.05) is 20.8 Å². The Morgan fingerprint density at radius 3 is 2.19 bits per heavy atom. The predicted molar refractivity (Wildman–Crippen MR) is 139 cm³/mol. The number of cyclic esters (lactones) is 1. The van der Waals surface area contributed by atoms with Crippen molar-refractivity contribution in [3.05, 3.63) is 35.4 Å². The van der Waals surface area contributed by atoms with Gasteiger partial charge in [0.1, 0.15) is 23.5 Å². The number of fused-ring (bicyclic) bond motifs is 1. The van der Waals surface area contributed by atoms with Crippen molar-refractivity contribution in [3.63, 3.8) is 0 Å². The van der Waals surface area contributed by atoms with Crippen LogP contribution in [0.3, 0.4) is 0 Å². The highest BCUT2D eigenvalue weighted by Crippen LogP contribution is 2.42. The molecule has 1 fully saturated rings. The van der Waals surface area contributed by atoms with Crippen LogP contribution in [0.25, 0.3) is 6.08 Å². The Bertz CT molecular complexity index is 998. The molecular weight excluding hydrogens is 480 g/mol. The molecule has 3 rings (SSSR count). The maximum Gasteiger partial charge on any atom is 0.345 e. The lowest BCUT2D eigenvalue weighted by Crippen LogP contribution is -2.66. The number of ether oxygens (including phenoxy) is 6. The molecule has 0 radical (unpaired) electrons. The maximum atomic E-state index is 12.8. The van der Waals surface area contributed by atoms with Crippen LogP contribution < -0.4 is 4.74 Å². The number of methoxy groups -OCH3 is 2. The van der Waals surface area contributed by atoms with Crippen LogP contribution in [0.5, 0.6) is 5.75 Å². The molecular formula is C27H42O8Si. The van der Waals surface area contributed by atoms with Crippen molar-refractivity contribution in [3.8, 4) is 5.75 Å². The molecule has 202 valence electrons. The highest BCUT2D eigenvalue weighted by atomic mass is 28.4. The second kappa shape index (κ2) is 9.85. The van der Waals surface area contributed by atoms with Crippen LogP contribution in [0.4, 0.5) is 0 Å². The molecule has 2 heterocycles. The first-order chi connectivity index (χ1) is 16.5. The van der Waals surface area contributed by atoms with Crippen molar-refractivity contribution in [1.29, 1.82) is 0 Å². The highest BCUT2D eigenvalue weighted by molar-refractivity contribution is 6.74. The summed E-state index contributed by atoms with van der Waals surface area (Å²) in [6.45, 7) is 18.3. The van der Waals surface area contributed by atoms with E-state index in [9.17, 15) is 4.79 Å². The third-order valence-corrected chi connectivity index (χ3v) is 12.0. The summed E-state index contributed by atoms with van der Waals surface area (Å²) in [4.78, 5) is 12.8. The number of benzene rings is 1. The van der Waals surface area contributed by atoms with E-state index in [1.54, 1.807) is 48.0 Å². The first-order valence-electron chi connectivity index (χ1n) is 12.3. The number of hydrogen-bond donors (Lipinski definition) is 0. The molecule has 0 bridgehead atoms. The van der Waals surface area contributed by atoms with Gasteiger partial charge in [0, 0.05) is 28.1 Å². The highest BCUT2D eigenvalue weighted by Gasteiger charge is 2.56. The first kappa shape index (κ1) is 28.8. The van der Waals surface area contributed by atoms with Crippen molar-refractivity contribution in [2.24, 2.45) is 0 Å². The molecule has 1 aromatic rings. The molecule has 4 atom stereocenters. The third-order valence-electron chi connectivity index (χ3n) is 7.54. The van der Waals surface area contributed by atoms with E-state index in [4.69, 9.17) is 32.8 Å². The SMILES string of the molecule is CO[C@]1(C)O[C@@H](/C=C/c2cccc3c2C(=O)OC(C)(C)O3)[C@H](CO[Si](C)(C)C(C)(C)C)O[C@@]1(C)OC. The van der Waals surface area contributed by atoms with Gasteiger partial charge >= 0.3 is 5.97 Å². The van der Waals surface area contributed by atoms with E-state index < -0.39 is 43.9 Å². The van der Waals surface area contributed by atoms with Gasteiger partial charge in [-0.25, -0.2) is 4.79 Å². The predicted octanol–water partition coefficient (Wildman–Crippen LogP) is 5.52. The Morgan fingerprint density at radius 1 is 1.00 bits per heavy atom. The normalized spacial score (nSPS) is 30.6. The lowest BCUT2D eigenvalue weighted by molar-refractivity contribution is -0.443. The van der Waals surface area contributed by atoms with E-state index in [2.05, 4.69) is 33.9 Å². The second-order valence-corrected chi connectivity index (χ2v) is 16.4. The van der Waals surface area contributed by atoms with Crippen LogP contribution in [-0.4, -0.2) is 64.7 Å². The quantitative estimate of drug-likeness (QED) is 0.342. The van der Waals surface area contributed by atoms with Crippen molar-refractivity contribution in [1.82, 2.24) is 0 Å². The molecule has 0 N–H and O–H groups in total. The van der Waals surface area contributed by atoms with Gasteiger partial charge in [0.15, 0.2) is 8.32 Å². The molecule has 0 amide bonds. The Balaban J connectivity index is 1.94. The van der Waals surface area contributed by atoms with Crippen molar-refractivity contribution >= 4 is 20.4 Å². The minimum Gasteiger partial charge on any atom is -0.452 e. The molecule has 2 aliphatic heterocycles. The van der Waals surface area contributed by atoms with Crippen LogP contribution in [0, 0.1) is 0 Å². The van der Waals surface area contributed by atoms with Crippen molar-refractivity contribution in [2.45, 2.75) is 96.2 Å². The van der Waals surface area contributed by atoms with Gasteiger partial charge in [-0.2, -0.15) is 0 Å². The summed E-state index contributed by atoms with van der Waals surface area (Å²) in [5, 5.41) is 0.0384. The molecule has 0 aliphatic carbocycles. The molecule has 0 spiro atoms. The van der Waals surface area contributed by atoms with E-state index in [-0.39, 0.29) is 5.04 Å². The summed E-state index contributed by atoms with van der Waals surface area (Å²) in [5.41, 5.74) is 1.02. The number of esters is 1. The van der Waals surface area contributed by atoms with Crippen LogP contribution in [0.1, 0.15) is 64.4 Å². The first-order valence-corrected chi connectivity index (χ1v) is 15.2. The maximum absolute atomic E-state index is 12.8. The number of carbonyl (C=O) groups excluding carboxylic acids is 1. The number of hydrogen-bond acceptors (Lipinski definition) is 8. The van der Waals surface area contributed by atoms with Crippen LogP contribution in [0.2, 0.25) is 18.1 Å². The van der Waals surface area contributed by atoms with Gasteiger partial charge < -0.3 is 32.8 Å². The fourth-order valence-corrected chi connectivity index (χ4v) is 4.93. The van der Waals surface area contributed by atoms with E-state index in [1.165, 1.54) is 0 Å². The minimum absolute atomic E-state index is 0.0384. The molecule has 1 aromatic carbocycles. The lowest BCUT2D eigenvalue weighted by atomic mass is 10.0. The van der Waals surface area contributed by atoms with Gasteiger partial charge in [-0.1, -0.05) is 45.1 Å². The summed E-state index contributed by atoms with van der Waals surface area (Å²) >= 11 is 0.